The highest BCUT2D eigenvalue weighted by Gasteiger charge is 2.21. The Morgan fingerprint density at radius 2 is 1.35 bits per heavy atom. The molecule has 0 aliphatic carbocycles. The van der Waals surface area contributed by atoms with E-state index < -0.39 is 9.28 Å². The summed E-state index contributed by atoms with van der Waals surface area (Å²) < 4.78 is 22.0. The van der Waals surface area contributed by atoms with E-state index in [0.29, 0.717) is 6.10 Å². The van der Waals surface area contributed by atoms with Crippen LogP contribution in [0.1, 0.15) is 71.6 Å². The first-order valence-corrected chi connectivity index (χ1v) is 11.2. The van der Waals surface area contributed by atoms with E-state index in [1.807, 2.05) is 0 Å². The van der Waals surface area contributed by atoms with E-state index in [-0.39, 0.29) is 0 Å². The van der Waals surface area contributed by atoms with Crippen LogP contribution in [0.5, 0.6) is 0 Å². The van der Waals surface area contributed by atoms with Gasteiger partial charge in [0.25, 0.3) is 0 Å². The van der Waals surface area contributed by atoms with Crippen LogP contribution < -0.4 is 0 Å². The fraction of sp³-hybridized carbons (Fsp3) is 1.00. The third-order valence-electron chi connectivity index (χ3n) is 3.99. The highest BCUT2D eigenvalue weighted by molar-refractivity contribution is 6.44. The predicted molar refractivity (Wildman–Crippen MR) is 95.9 cm³/mol. The van der Waals surface area contributed by atoms with Crippen molar-refractivity contribution >= 4 is 9.28 Å². The van der Waals surface area contributed by atoms with E-state index in [1.54, 1.807) is 0 Å². The average molecular weight is 346 g/mol. The van der Waals surface area contributed by atoms with E-state index in [9.17, 15) is 0 Å². The summed E-state index contributed by atoms with van der Waals surface area (Å²) in [6, 6.07) is 1.14. The number of rotatable bonds is 18. The molecule has 1 heterocycles. The quantitative estimate of drug-likeness (QED) is 0.209. The van der Waals surface area contributed by atoms with Crippen LogP contribution in [0.15, 0.2) is 0 Å². The summed E-state index contributed by atoms with van der Waals surface area (Å²) in [5.74, 6) is 0. The summed E-state index contributed by atoms with van der Waals surface area (Å²) in [5.41, 5.74) is 0. The molecule has 1 saturated heterocycles. The van der Waals surface area contributed by atoms with E-state index in [2.05, 4.69) is 13.8 Å². The summed E-state index contributed by atoms with van der Waals surface area (Å²) >= 11 is 0. The van der Waals surface area contributed by atoms with Gasteiger partial charge in [0.05, 0.1) is 13.2 Å². The van der Waals surface area contributed by atoms with Gasteiger partial charge < -0.3 is 18.3 Å². The molecule has 0 amide bonds. The van der Waals surface area contributed by atoms with Crippen molar-refractivity contribution in [1.82, 2.24) is 0 Å². The summed E-state index contributed by atoms with van der Waals surface area (Å²) in [6.07, 6.45) is 12.3. The molecule has 1 unspecified atom stereocenters. The number of unbranched alkanes of at least 4 members (excludes halogenated alkanes) is 8. The first-order valence-electron chi connectivity index (χ1n) is 9.67. The van der Waals surface area contributed by atoms with Gasteiger partial charge >= 0.3 is 9.28 Å². The molecule has 0 aromatic heterocycles. The molecule has 0 bridgehead atoms. The zero-order chi connectivity index (χ0) is 16.6. The lowest BCUT2D eigenvalue weighted by atomic mass is 10.1. The molecule has 0 spiro atoms. The number of hydrogen-bond donors (Lipinski definition) is 0. The van der Waals surface area contributed by atoms with Gasteiger partial charge in [-0.15, -0.1) is 0 Å². The van der Waals surface area contributed by atoms with Crippen LogP contribution in [0.3, 0.4) is 0 Å². The Morgan fingerprint density at radius 1 is 0.826 bits per heavy atom. The fourth-order valence-corrected chi connectivity index (χ4v) is 4.15. The van der Waals surface area contributed by atoms with Gasteiger partial charge in [0.2, 0.25) is 0 Å². The molecular formula is C18H37O4Si. The van der Waals surface area contributed by atoms with Crippen molar-refractivity contribution in [3.05, 3.63) is 0 Å². The molecule has 23 heavy (non-hydrogen) atoms. The largest absolute Gasteiger partial charge is 0.394 e. The zero-order valence-corrected chi connectivity index (χ0v) is 16.3. The van der Waals surface area contributed by atoms with Gasteiger partial charge in [0.15, 0.2) is 0 Å². The minimum absolute atomic E-state index is 0.411. The van der Waals surface area contributed by atoms with Crippen LogP contribution in [0.25, 0.3) is 0 Å². The Kier molecular flexibility index (Phi) is 14.3. The maximum absolute atomic E-state index is 5.66. The summed E-state index contributed by atoms with van der Waals surface area (Å²) in [6.45, 7) is 8.29. The Balaban J connectivity index is 1.71. The van der Waals surface area contributed by atoms with Crippen molar-refractivity contribution in [2.45, 2.75) is 83.8 Å². The maximum atomic E-state index is 5.66. The predicted octanol–water partition coefficient (Wildman–Crippen LogP) is 4.47. The van der Waals surface area contributed by atoms with Crippen LogP contribution in [0.2, 0.25) is 6.04 Å². The van der Waals surface area contributed by atoms with Crippen LogP contribution in [0, 0.1) is 0 Å². The molecule has 1 aliphatic heterocycles. The summed E-state index contributed by atoms with van der Waals surface area (Å²) in [4.78, 5) is 0. The van der Waals surface area contributed by atoms with Crippen molar-refractivity contribution < 1.29 is 18.3 Å². The topological polar surface area (TPSA) is 40.2 Å². The molecule has 137 valence electrons. The second-order valence-corrected chi connectivity index (χ2v) is 8.02. The lowest BCUT2D eigenvalue weighted by Crippen LogP contribution is -2.22. The van der Waals surface area contributed by atoms with Gasteiger partial charge in [-0.2, -0.15) is 0 Å². The lowest BCUT2D eigenvalue weighted by Gasteiger charge is -2.12. The standard InChI is InChI=1S/C18H37O4Si/c1-3-21-23(22-4-2)15-13-11-9-7-5-6-8-10-12-14-19-16-18-17-20-18/h18H,3-17H2,1-2H3. The van der Waals surface area contributed by atoms with E-state index >= 15 is 0 Å². The second-order valence-electron chi connectivity index (χ2n) is 6.20. The van der Waals surface area contributed by atoms with Gasteiger partial charge in [-0.25, -0.2) is 0 Å². The average Bonchev–Trinajstić information content (AvgIpc) is 3.36. The van der Waals surface area contributed by atoms with Gasteiger partial charge in [0, 0.05) is 19.8 Å². The number of hydrogen-bond acceptors (Lipinski definition) is 4. The monoisotopic (exact) mass is 345 g/mol. The number of ether oxygens (including phenoxy) is 2. The molecule has 0 aromatic rings. The molecule has 1 rings (SSSR count). The molecule has 1 atom stereocenters. The molecule has 0 aromatic carbocycles. The Labute approximate surface area is 145 Å². The molecule has 0 N–H and O–H groups in total. The van der Waals surface area contributed by atoms with Gasteiger partial charge in [0.1, 0.15) is 6.10 Å². The first kappa shape index (κ1) is 21.1. The van der Waals surface area contributed by atoms with E-state index in [1.165, 1.54) is 57.8 Å². The molecular weight excluding hydrogens is 308 g/mol. The lowest BCUT2D eigenvalue weighted by molar-refractivity contribution is 0.113. The summed E-state index contributed by atoms with van der Waals surface area (Å²) in [5, 5.41) is 0. The smallest absolute Gasteiger partial charge is 0.384 e. The van der Waals surface area contributed by atoms with Crippen molar-refractivity contribution in [2.24, 2.45) is 0 Å². The van der Waals surface area contributed by atoms with Crippen molar-refractivity contribution in [1.29, 1.82) is 0 Å². The van der Waals surface area contributed by atoms with Crippen molar-refractivity contribution in [2.75, 3.05) is 33.0 Å². The number of epoxide rings is 1. The van der Waals surface area contributed by atoms with Crippen LogP contribution >= 0.6 is 0 Å². The van der Waals surface area contributed by atoms with Crippen LogP contribution in [-0.4, -0.2) is 48.4 Å². The molecule has 1 radical (unpaired) electrons. The minimum Gasteiger partial charge on any atom is -0.394 e. The third-order valence-corrected chi connectivity index (χ3v) is 5.97. The Bertz CT molecular complexity index is 243. The fourth-order valence-electron chi connectivity index (χ4n) is 2.60. The highest BCUT2D eigenvalue weighted by Crippen LogP contribution is 2.13. The molecule has 0 saturated carbocycles. The normalized spacial score (nSPS) is 17.1. The SMILES string of the molecule is CCO[Si](CCCCCCCCCCCOCC1CO1)OCC. The van der Waals surface area contributed by atoms with Gasteiger partial charge in [-0.05, 0) is 26.3 Å². The molecule has 1 fully saturated rings. The molecule has 5 heteroatoms. The van der Waals surface area contributed by atoms with Crippen molar-refractivity contribution in [3.8, 4) is 0 Å². The van der Waals surface area contributed by atoms with Gasteiger partial charge in [-0.3, -0.25) is 0 Å². The van der Waals surface area contributed by atoms with Crippen LogP contribution in [0.4, 0.5) is 0 Å². The van der Waals surface area contributed by atoms with E-state index in [0.717, 1.165) is 39.1 Å². The zero-order valence-electron chi connectivity index (χ0n) is 15.3. The minimum atomic E-state index is -0.980. The van der Waals surface area contributed by atoms with E-state index in [4.69, 9.17) is 18.3 Å². The third kappa shape index (κ3) is 14.1. The Morgan fingerprint density at radius 3 is 1.87 bits per heavy atom. The maximum Gasteiger partial charge on any atom is 0.384 e. The summed E-state index contributed by atoms with van der Waals surface area (Å²) in [7, 11) is -0.980. The van der Waals surface area contributed by atoms with Crippen LogP contribution in [-0.2, 0) is 18.3 Å². The Hall–Kier alpha value is 0.0569. The second kappa shape index (κ2) is 15.6. The molecule has 1 aliphatic rings. The van der Waals surface area contributed by atoms with Crippen molar-refractivity contribution in [3.63, 3.8) is 0 Å². The highest BCUT2D eigenvalue weighted by atomic mass is 28.3. The first-order chi connectivity index (χ1) is 11.4. The molecule has 4 nitrogen and oxygen atoms in total. The van der Waals surface area contributed by atoms with Gasteiger partial charge in [-0.1, -0.05) is 51.4 Å².